The van der Waals surface area contributed by atoms with Gasteiger partial charge in [-0.3, -0.25) is 0 Å². The maximum atomic E-state index is 8.71. The van der Waals surface area contributed by atoms with Crippen molar-refractivity contribution in [3.8, 4) is 0 Å². The first-order chi connectivity index (χ1) is 6.29. The van der Waals surface area contributed by atoms with E-state index in [1.54, 1.807) is 0 Å². The van der Waals surface area contributed by atoms with Crippen LogP contribution in [0.5, 0.6) is 0 Å². The molecule has 76 valence electrons. The second-order valence-electron chi connectivity index (χ2n) is 3.99. The van der Waals surface area contributed by atoms with Crippen LogP contribution in [-0.4, -0.2) is 36.1 Å². The Morgan fingerprint density at radius 1 is 1.08 bits per heavy atom. The molecule has 2 saturated carbocycles. The summed E-state index contributed by atoms with van der Waals surface area (Å²) >= 11 is 0. The Bertz CT molecular complexity index is 183. The lowest BCUT2D eigenvalue weighted by Gasteiger charge is -2.26. The summed E-state index contributed by atoms with van der Waals surface area (Å²) in [6.45, 7) is 3.37. The third-order valence-corrected chi connectivity index (χ3v) is 3.13. The predicted octanol–water partition coefficient (Wildman–Crippen LogP) is 1.10. The first-order valence-electron chi connectivity index (χ1n) is 5.17. The molecule has 0 saturated heterocycles. The van der Waals surface area contributed by atoms with Crippen molar-refractivity contribution >= 4 is 0 Å². The van der Waals surface area contributed by atoms with E-state index in [4.69, 9.17) is 14.6 Å². The van der Waals surface area contributed by atoms with Crippen LogP contribution in [0.15, 0.2) is 0 Å². The van der Waals surface area contributed by atoms with Crippen LogP contribution in [0.1, 0.15) is 32.6 Å². The van der Waals surface area contributed by atoms with Crippen molar-refractivity contribution in [3.05, 3.63) is 0 Å². The van der Waals surface area contributed by atoms with Crippen LogP contribution >= 0.6 is 0 Å². The van der Waals surface area contributed by atoms with Gasteiger partial charge in [0.15, 0.2) is 0 Å². The fraction of sp³-hybridized carbons (Fsp3) is 1.00. The molecule has 3 heteroatoms. The van der Waals surface area contributed by atoms with E-state index in [9.17, 15) is 0 Å². The van der Waals surface area contributed by atoms with Gasteiger partial charge in [0.1, 0.15) is 0 Å². The van der Waals surface area contributed by atoms with Crippen LogP contribution in [0.2, 0.25) is 0 Å². The van der Waals surface area contributed by atoms with E-state index in [1.165, 1.54) is 0 Å². The Balaban J connectivity index is 1.91. The fourth-order valence-electron chi connectivity index (χ4n) is 2.21. The molecule has 0 heterocycles. The van der Waals surface area contributed by atoms with Crippen molar-refractivity contribution in [1.29, 1.82) is 0 Å². The summed E-state index contributed by atoms with van der Waals surface area (Å²) in [5.41, 5.74) is 0.00264. The van der Waals surface area contributed by atoms with Gasteiger partial charge in [0, 0.05) is 6.61 Å². The molecule has 0 bridgehead atoms. The summed E-state index contributed by atoms with van der Waals surface area (Å²) < 4.78 is 11.5. The van der Waals surface area contributed by atoms with Crippen LogP contribution < -0.4 is 0 Å². The molecule has 2 fully saturated rings. The minimum Gasteiger partial charge on any atom is -0.394 e. The largest absolute Gasteiger partial charge is 0.394 e. The first kappa shape index (κ1) is 9.44. The minimum absolute atomic E-state index is 0.0221. The molecule has 0 aromatic heterocycles. The minimum atomic E-state index is -0.0221. The number of rotatable bonds is 6. The summed E-state index contributed by atoms with van der Waals surface area (Å²) in [6, 6.07) is 0. The van der Waals surface area contributed by atoms with Gasteiger partial charge in [-0.1, -0.05) is 0 Å². The third kappa shape index (κ3) is 1.49. The van der Waals surface area contributed by atoms with Crippen LogP contribution in [-0.2, 0) is 9.47 Å². The molecule has 0 radical (unpaired) electrons. The third-order valence-electron chi connectivity index (χ3n) is 3.13. The van der Waals surface area contributed by atoms with Gasteiger partial charge in [0.05, 0.1) is 24.4 Å². The Morgan fingerprint density at radius 2 is 1.62 bits per heavy atom. The van der Waals surface area contributed by atoms with Crippen molar-refractivity contribution in [1.82, 2.24) is 0 Å². The van der Waals surface area contributed by atoms with Gasteiger partial charge >= 0.3 is 0 Å². The van der Waals surface area contributed by atoms with Crippen molar-refractivity contribution < 1.29 is 14.6 Å². The number of hydrogen-bond donors (Lipinski definition) is 1. The zero-order chi connectivity index (χ0) is 9.36. The van der Waals surface area contributed by atoms with Gasteiger partial charge < -0.3 is 14.6 Å². The van der Waals surface area contributed by atoms with E-state index in [0.717, 1.165) is 32.3 Å². The van der Waals surface area contributed by atoms with Crippen molar-refractivity contribution in [3.63, 3.8) is 0 Å². The van der Waals surface area contributed by atoms with Gasteiger partial charge in [0.2, 0.25) is 0 Å². The summed E-state index contributed by atoms with van der Waals surface area (Å²) in [4.78, 5) is 0. The molecule has 0 aliphatic heterocycles. The van der Waals surface area contributed by atoms with E-state index in [-0.39, 0.29) is 17.8 Å². The first-order valence-corrected chi connectivity index (χ1v) is 5.17. The van der Waals surface area contributed by atoms with Crippen molar-refractivity contribution in [2.24, 2.45) is 0 Å². The molecule has 2 rings (SSSR count). The van der Waals surface area contributed by atoms with Crippen LogP contribution in [0.3, 0.4) is 0 Å². The van der Waals surface area contributed by atoms with Crippen LogP contribution in [0, 0.1) is 0 Å². The maximum Gasteiger partial charge on any atom is 0.0974 e. The molecule has 13 heavy (non-hydrogen) atoms. The van der Waals surface area contributed by atoms with Gasteiger partial charge in [-0.15, -0.1) is 0 Å². The highest BCUT2D eigenvalue weighted by atomic mass is 16.6. The molecule has 0 amide bonds. The highest BCUT2D eigenvalue weighted by Crippen LogP contribution is 2.61. The molecule has 0 aromatic carbocycles. The summed E-state index contributed by atoms with van der Waals surface area (Å²) in [6.07, 6.45) is 4.47. The lowest BCUT2D eigenvalue weighted by molar-refractivity contribution is -0.109. The van der Waals surface area contributed by atoms with Gasteiger partial charge in [-0.2, -0.15) is 0 Å². The summed E-state index contributed by atoms with van der Waals surface area (Å²) in [5, 5.41) is 8.71. The van der Waals surface area contributed by atoms with Gasteiger partial charge in [0.25, 0.3) is 0 Å². The van der Waals surface area contributed by atoms with Crippen LogP contribution in [0.25, 0.3) is 0 Å². The molecule has 0 aromatic rings. The smallest absolute Gasteiger partial charge is 0.0974 e. The molecule has 0 atom stereocenters. The second kappa shape index (κ2) is 3.23. The topological polar surface area (TPSA) is 38.7 Å². The molecule has 2 aliphatic carbocycles. The number of aliphatic hydroxyl groups is 1. The number of aliphatic hydroxyl groups excluding tert-OH is 1. The number of hydrogen-bond acceptors (Lipinski definition) is 3. The Labute approximate surface area is 79.0 Å². The molecule has 0 spiro atoms. The Kier molecular flexibility index (Phi) is 2.34. The van der Waals surface area contributed by atoms with E-state index in [2.05, 4.69) is 0 Å². The van der Waals surface area contributed by atoms with E-state index >= 15 is 0 Å². The van der Waals surface area contributed by atoms with Crippen molar-refractivity contribution in [2.75, 3.05) is 19.8 Å². The average molecular weight is 186 g/mol. The van der Waals surface area contributed by atoms with E-state index in [0.29, 0.717) is 6.61 Å². The number of ether oxygens (including phenoxy) is 2. The lowest BCUT2D eigenvalue weighted by atomic mass is 10.1. The average Bonchev–Trinajstić information content (AvgIpc) is 2.96. The lowest BCUT2D eigenvalue weighted by Crippen LogP contribution is -2.36. The van der Waals surface area contributed by atoms with E-state index < -0.39 is 0 Å². The Hall–Kier alpha value is -0.120. The standard InChI is InChI=1S/C10H18O3/c1-2-12-9(3-4-9)10(5-6-10)13-8-7-11/h11H,2-8H2,1H3. The zero-order valence-corrected chi connectivity index (χ0v) is 8.21. The molecular weight excluding hydrogens is 168 g/mol. The van der Waals surface area contributed by atoms with E-state index in [1.807, 2.05) is 6.92 Å². The fourth-order valence-corrected chi connectivity index (χ4v) is 2.21. The summed E-state index contributed by atoms with van der Waals surface area (Å²) in [5.74, 6) is 0. The maximum absolute atomic E-state index is 8.71. The zero-order valence-electron chi connectivity index (χ0n) is 8.21. The highest BCUT2D eigenvalue weighted by molar-refractivity contribution is 5.20. The SMILES string of the molecule is CCOC1(C2(OCCO)CC2)CC1. The molecule has 3 nitrogen and oxygen atoms in total. The van der Waals surface area contributed by atoms with Crippen LogP contribution in [0.4, 0.5) is 0 Å². The monoisotopic (exact) mass is 186 g/mol. The second-order valence-corrected chi connectivity index (χ2v) is 3.99. The van der Waals surface area contributed by atoms with Gasteiger partial charge in [-0.05, 0) is 32.6 Å². The van der Waals surface area contributed by atoms with Gasteiger partial charge in [-0.25, -0.2) is 0 Å². The normalized spacial score (nSPS) is 27.2. The molecule has 0 unspecified atom stereocenters. The van der Waals surface area contributed by atoms with Crippen molar-refractivity contribution in [2.45, 2.75) is 43.8 Å². The quantitative estimate of drug-likeness (QED) is 0.675. The predicted molar refractivity (Wildman–Crippen MR) is 48.6 cm³/mol. The Morgan fingerprint density at radius 3 is 2.00 bits per heavy atom. The molecule has 2 aliphatic rings. The molecule has 1 N–H and O–H groups in total. The summed E-state index contributed by atoms with van der Waals surface area (Å²) in [7, 11) is 0. The highest BCUT2D eigenvalue weighted by Gasteiger charge is 2.67. The molecular formula is C10H18O3.